The van der Waals surface area contributed by atoms with Crippen LogP contribution in [0.25, 0.3) is 4.96 Å². The monoisotopic (exact) mass is 443 g/mol. The second-order valence-electron chi connectivity index (χ2n) is 7.76. The lowest BCUT2D eigenvalue weighted by Crippen LogP contribution is -2.38. The van der Waals surface area contributed by atoms with Crippen molar-refractivity contribution in [2.45, 2.75) is 32.8 Å². The van der Waals surface area contributed by atoms with Gasteiger partial charge in [0.1, 0.15) is 5.60 Å². The summed E-state index contributed by atoms with van der Waals surface area (Å²) < 4.78 is 7.00. The first-order chi connectivity index (χ1) is 14.7. The smallest absolute Gasteiger partial charge is 0.407 e. The number of anilines is 1. The van der Waals surface area contributed by atoms with Crippen molar-refractivity contribution >= 4 is 39.9 Å². The van der Waals surface area contributed by atoms with Crippen LogP contribution in [0.4, 0.5) is 10.5 Å². The number of ether oxygens (including phenoxy) is 1. The van der Waals surface area contributed by atoms with Crippen molar-refractivity contribution in [3.8, 4) is 0 Å². The van der Waals surface area contributed by atoms with Crippen LogP contribution in [-0.2, 0) is 16.0 Å². The average molecular weight is 444 g/mol. The van der Waals surface area contributed by atoms with E-state index in [-0.39, 0.29) is 31.3 Å². The number of carbonyl (C=O) groups is 3. The summed E-state index contributed by atoms with van der Waals surface area (Å²) in [6, 6.07) is 6.77. The minimum absolute atomic E-state index is 0.159. The molecule has 0 bridgehead atoms. The Bertz CT molecular complexity index is 1080. The Morgan fingerprint density at radius 1 is 1.13 bits per heavy atom. The standard InChI is InChI=1S/C21H25N5O4S/c1-21(2,3)30-20(29)24-9-8-22-18(28)15-6-4-5-7-16(15)25-17(27)12-14-13-31-19-23-10-11-26(14)19/h4-7,10-11,13H,8-9,12H2,1-3H3,(H,22,28)(H,24,29)(H,25,27). The van der Waals surface area contributed by atoms with Gasteiger partial charge < -0.3 is 20.7 Å². The topological polar surface area (TPSA) is 114 Å². The first-order valence-electron chi connectivity index (χ1n) is 9.76. The van der Waals surface area contributed by atoms with Crippen molar-refractivity contribution in [2.24, 2.45) is 0 Å². The lowest BCUT2D eigenvalue weighted by molar-refractivity contribution is -0.115. The van der Waals surface area contributed by atoms with Crippen molar-refractivity contribution in [3.05, 3.63) is 53.3 Å². The Balaban J connectivity index is 1.53. The van der Waals surface area contributed by atoms with E-state index in [1.54, 1.807) is 57.4 Å². The van der Waals surface area contributed by atoms with E-state index in [4.69, 9.17) is 4.74 Å². The van der Waals surface area contributed by atoms with E-state index in [1.807, 2.05) is 9.78 Å². The van der Waals surface area contributed by atoms with E-state index < -0.39 is 11.7 Å². The maximum absolute atomic E-state index is 12.6. The zero-order valence-electron chi connectivity index (χ0n) is 17.6. The van der Waals surface area contributed by atoms with E-state index >= 15 is 0 Å². The number of para-hydroxylation sites is 1. The molecule has 0 radical (unpaired) electrons. The summed E-state index contributed by atoms with van der Waals surface area (Å²) in [6.07, 6.45) is 3.10. The number of thiazole rings is 1. The van der Waals surface area contributed by atoms with E-state index in [0.29, 0.717) is 11.3 Å². The van der Waals surface area contributed by atoms with Gasteiger partial charge in [0.2, 0.25) is 5.91 Å². The van der Waals surface area contributed by atoms with Gasteiger partial charge in [0, 0.05) is 36.6 Å². The average Bonchev–Trinajstić information content (AvgIpc) is 3.29. The van der Waals surface area contributed by atoms with Gasteiger partial charge in [-0.1, -0.05) is 12.1 Å². The number of hydrogen-bond donors (Lipinski definition) is 3. The maximum atomic E-state index is 12.6. The number of nitrogens with zero attached hydrogens (tertiary/aromatic N) is 2. The maximum Gasteiger partial charge on any atom is 0.407 e. The predicted molar refractivity (Wildman–Crippen MR) is 118 cm³/mol. The molecule has 0 fully saturated rings. The molecule has 0 saturated heterocycles. The molecular weight excluding hydrogens is 418 g/mol. The number of fused-ring (bicyclic) bond motifs is 1. The van der Waals surface area contributed by atoms with Crippen LogP contribution >= 0.6 is 11.3 Å². The fourth-order valence-electron chi connectivity index (χ4n) is 2.80. The van der Waals surface area contributed by atoms with Crippen LogP contribution in [0.3, 0.4) is 0 Å². The molecule has 0 saturated carbocycles. The molecule has 9 nitrogen and oxygen atoms in total. The van der Waals surface area contributed by atoms with Gasteiger partial charge in [-0.15, -0.1) is 11.3 Å². The van der Waals surface area contributed by atoms with Crippen molar-refractivity contribution in [2.75, 3.05) is 18.4 Å². The number of alkyl carbamates (subject to hydrolysis) is 1. The number of carbonyl (C=O) groups excluding carboxylic acids is 3. The summed E-state index contributed by atoms with van der Waals surface area (Å²) in [5, 5.41) is 9.99. The van der Waals surface area contributed by atoms with Crippen LogP contribution in [0.5, 0.6) is 0 Å². The zero-order chi connectivity index (χ0) is 22.4. The SMILES string of the molecule is CC(C)(C)OC(=O)NCCNC(=O)c1ccccc1NC(=O)Cc1csc2nccn12. The number of hydrogen-bond acceptors (Lipinski definition) is 6. The van der Waals surface area contributed by atoms with Gasteiger partial charge in [-0.25, -0.2) is 9.78 Å². The molecule has 31 heavy (non-hydrogen) atoms. The molecule has 0 unspecified atom stereocenters. The molecule has 0 aliphatic heterocycles. The minimum atomic E-state index is -0.586. The Labute approximate surface area is 183 Å². The van der Waals surface area contributed by atoms with E-state index in [9.17, 15) is 14.4 Å². The Kier molecular flexibility index (Phi) is 6.91. The number of nitrogens with one attached hydrogen (secondary N) is 3. The molecule has 3 amide bonds. The molecule has 0 aliphatic rings. The van der Waals surface area contributed by atoms with E-state index in [1.165, 1.54) is 11.3 Å². The van der Waals surface area contributed by atoms with Crippen LogP contribution in [0.2, 0.25) is 0 Å². The number of rotatable bonds is 7. The first kappa shape index (κ1) is 22.3. The third kappa shape index (κ3) is 6.29. The molecule has 0 aliphatic carbocycles. The molecule has 0 atom stereocenters. The van der Waals surface area contributed by atoms with Crippen molar-refractivity contribution < 1.29 is 19.1 Å². The zero-order valence-corrected chi connectivity index (χ0v) is 18.4. The van der Waals surface area contributed by atoms with Crippen LogP contribution in [-0.4, -0.2) is 46.0 Å². The van der Waals surface area contributed by atoms with Gasteiger partial charge in [0.25, 0.3) is 5.91 Å². The lowest BCUT2D eigenvalue weighted by atomic mass is 10.1. The molecule has 1 aromatic carbocycles. The molecule has 2 aromatic heterocycles. The molecule has 3 rings (SSSR count). The Hall–Kier alpha value is -3.40. The summed E-state index contributed by atoms with van der Waals surface area (Å²) in [5.74, 6) is -0.588. The van der Waals surface area contributed by atoms with Crippen molar-refractivity contribution in [3.63, 3.8) is 0 Å². The highest BCUT2D eigenvalue weighted by Gasteiger charge is 2.17. The molecule has 0 spiro atoms. The van der Waals surface area contributed by atoms with Crippen LogP contribution in [0.15, 0.2) is 42.0 Å². The van der Waals surface area contributed by atoms with Crippen LogP contribution in [0.1, 0.15) is 36.8 Å². The van der Waals surface area contributed by atoms with Gasteiger partial charge in [-0.05, 0) is 32.9 Å². The summed E-state index contributed by atoms with van der Waals surface area (Å²) in [6.45, 7) is 5.75. The van der Waals surface area contributed by atoms with Gasteiger partial charge in [0.05, 0.1) is 17.7 Å². The van der Waals surface area contributed by atoms with Gasteiger partial charge in [-0.2, -0.15) is 0 Å². The fourth-order valence-corrected chi connectivity index (χ4v) is 3.65. The predicted octanol–water partition coefficient (Wildman–Crippen LogP) is 2.83. The first-order valence-corrected chi connectivity index (χ1v) is 10.6. The third-order valence-electron chi connectivity index (χ3n) is 4.08. The summed E-state index contributed by atoms with van der Waals surface area (Å²) in [4.78, 5) is 41.8. The number of amides is 3. The number of benzene rings is 1. The van der Waals surface area contributed by atoms with Gasteiger partial charge >= 0.3 is 6.09 Å². The number of aromatic nitrogens is 2. The van der Waals surface area contributed by atoms with Gasteiger partial charge in [-0.3, -0.25) is 14.0 Å². The minimum Gasteiger partial charge on any atom is -0.444 e. The van der Waals surface area contributed by atoms with Crippen LogP contribution in [0, 0.1) is 0 Å². The highest BCUT2D eigenvalue weighted by Crippen LogP contribution is 2.18. The summed E-state index contributed by atoms with van der Waals surface area (Å²) in [5.41, 5.74) is 0.996. The quantitative estimate of drug-likeness (QED) is 0.486. The molecule has 3 N–H and O–H groups in total. The fraction of sp³-hybridized carbons (Fsp3) is 0.333. The molecule has 3 aromatic rings. The number of imidazole rings is 1. The van der Waals surface area contributed by atoms with Crippen molar-refractivity contribution in [1.82, 2.24) is 20.0 Å². The molecule has 164 valence electrons. The van der Waals surface area contributed by atoms with E-state index in [0.717, 1.165) is 10.7 Å². The summed E-state index contributed by atoms with van der Waals surface area (Å²) >= 11 is 1.46. The Morgan fingerprint density at radius 3 is 2.65 bits per heavy atom. The molecule has 10 heteroatoms. The normalized spacial score (nSPS) is 11.2. The molecular formula is C21H25N5O4S. The summed E-state index contributed by atoms with van der Waals surface area (Å²) in [7, 11) is 0. The second kappa shape index (κ2) is 9.61. The highest BCUT2D eigenvalue weighted by atomic mass is 32.1. The van der Waals surface area contributed by atoms with Crippen LogP contribution < -0.4 is 16.0 Å². The molecule has 2 heterocycles. The van der Waals surface area contributed by atoms with Crippen molar-refractivity contribution in [1.29, 1.82) is 0 Å². The van der Waals surface area contributed by atoms with E-state index in [2.05, 4.69) is 20.9 Å². The Morgan fingerprint density at radius 2 is 1.87 bits per heavy atom. The largest absolute Gasteiger partial charge is 0.444 e. The second-order valence-corrected chi connectivity index (χ2v) is 8.60. The third-order valence-corrected chi connectivity index (χ3v) is 4.99. The highest BCUT2D eigenvalue weighted by molar-refractivity contribution is 7.15. The lowest BCUT2D eigenvalue weighted by Gasteiger charge is -2.19. The van der Waals surface area contributed by atoms with Gasteiger partial charge in [0.15, 0.2) is 4.96 Å².